The van der Waals surface area contributed by atoms with Crippen LogP contribution in [0.15, 0.2) is 48.5 Å². The Labute approximate surface area is 114 Å². The van der Waals surface area contributed by atoms with Crippen molar-refractivity contribution < 1.29 is 19.4 Å². The monoisotopic (exact) mass is 276 g/mol. The Hall–Kier alpha value is -2.33. The van der Waals surface area contributed by atoms with Crippen molar-refractivity contribution in [1.29, 1.82) is 0 Å². The van der Waals surface area contributed by atoms with Crippen LogP contribution in [-0.2, 0) is 0 Å². The molecular formula is C14H9ClO4. The van der Waals surface area contributed by atoms with Gasteiger partial charge in [-0.15, -0.1) is 0 Å². The number of ether oxygens (including phenoxy) is 1. The van der Waals surface area contributed by atoms with Crippen molar-refractivity contribution in [3.8, 4) is 5.75 Å². The van der Waals surface area contributed by atoms with E-state index in [0.29, 0.717) is 10.8 Å². The number of rotatable bonds is 3. The largest absolute Gasteiger partial charge is 0.478 e. The molecule has 0 amide bonds. The second-order valence-corrected chi connectivity index (χ2v) is 4.13. The van der Waals surface area contributed by atoms with E-state index in [0.717, 1.165) is 0 Å². The fraction of sp³-hybridized carbons (Fsp3) is 0. The Kier molecular flexibility index (Phi) is 3.82. The first kappa shape index (κ1) is 13.1. The molecule has 4 nitrogen and oxygen atoms in total. The predicted molar refractivity (Wildman–Crippen MR) is 69.8 cm³/mol. The number of hydrogen-bond donors (Lipinski definition) is 1. The standard InChI is InChI=1S/C14H9ClO4/c15-9-5-7-10(8-6-9)19-14(18)12-4-2-1-3-11(12)13(16)17/h1-8H,(H,16,17). The normalized spacial score (nSPS) is 9.95. The summed E-state index contributed by atoms with van der Waals surface area (Å²) in [6.07, 6.45) is 0. The molecule has 0 aliphatic rings. The number of carbonyl (C=O) groups excluding carboxylic acids is 1. The maximum Gasteiger partial charge on any atom is 0.344 e. The highest BCUT2D eigenvalue weighted by molar-refractivity contribution is 6.30. The molecule has 2 rings (SSSR count). The highest BCUT2D eigenvalue weighted by atomic mass is 35.5. The molecule has 0 fully saturated rings. The minimum absolute atomic E-state index is 0.00458. The van der Waals surface area contributed by atoms with Gasteiger partial charge in [0, 0.05) is 5.02 Å². The van der Waals surface area contributed by atoms with E-state index in [2.05, 4.69) is 0 Å². The Morgan fingerprint density at radius 3 is 2.11 bits per heavy atom. The van der Waals surface area contributed by atoms with Crippen LogP contribution in [0, 0.1) is 0 Å². The predicted octanol–water partition coefficient (Wildman–Crippen LogP) is 3.26. The summed E-state index contributed by atoms with van der Waals surface area (Å²) in [7, 11) is 0. The maximum absolute atomic E-state index is 11.9. The van der Waals surface area contributed by atoms with E-state index in [-0.39, 0.29) is 11.1 Å². The third-order valence-electron chi connectivity index (χ3n) is 2.40. The molecule has 0 unspecified atom stereocenters. The summed E-state index contributed by atoms with van der Waals surface area (Å²) in [4.78, 5) is 22.9. The molecule has 0 radical (unpaired) electrons. The molecule has 0 aliphatic heterocycles. The zero-order chi connectivity index (χ0) is 13.8. The average molecular weight is 277 g/mol. The van der Waals surface area contributed by atoms with Crippen LogP contribution < -0.4 is 4.74 Å². The smallest absolute Gasteiger partial charge is 0.344 e. The molecular weight excluding hydrogens is 268 g/mol. The van der Waals surface area contributed by atoms with Crippen molar-refractivity contribution in [2.24, 2.45) is 0 Å². The van der Waals surface area contributed by atoms with Gasteiger partial charge in [-0.05, 0) is 36.4 Å². The Balaban J connectivity index is 2.25. The lowest BCUT2D eigenvalue weighted by atomic mass is 10.1. The number of hydrogen-bond acceptors (Lipinski definition) is 3. The van der Waals surface area contributed by atoms with Crippen molar-refractivity contribution in [3.05, 3.63) is 64.7 Å². The average Bonchev–Trinajstić information content (AvgIpc) is 2.41. The first-order valence-corrected chi connectivity index (χ1v) is 5.76. The number of carboxylic acids is 1. The second kappa shape index (κ2) is 5.54. The molecule has 0 aliphatic carbocycles. The van der Waals surface area contributed by atoms with E-state index in [1.165, 1.54) is 24.3 Å². The lowest BCUT2D eigenvalue weighted by Crippen LogP contribution is -2.13. The molecule has 1 N–H and O–H groups in total. The van der Waals surface area contributed by atoms with Crippen LogP contribution in [0.1, 0.15) is 20.7 Å². The van der Waals surface area contributed by atoms with E-state index < -0.39 is 11.9 Å². The highest BCUT2D eigenvalue weighted by Gasteiger charge is 2.17. The first-order valence-electron chi connectivity index (χ1n) is 5.38. The molecule has 0 spiro atoms. The van der Waals surface area contributed by atoms with Crippen LogP contribution in [0.5, 0.6) is 5.75 Å². The van der Waals surface area contributed by atoms with Gasteiger partial charge in [0.2, 0.25) is 0 Å². The molecule has 2 aromatic rings. The number of carbonyl (C=O) groups is 2. The number of carboxylic acid groups (broad SMARTS) is 1. The van der Waals surface area contributed by atoms with E-state index in [4.69, 9.17) is 21.4 Å². The van der Waals surface area contributed by atoms with Gasteiger partial charge in [-0.1, -0.05) is 23.7 Å². The van der Waals surface area contributed by atoms with E-state index >= 15 is 0 Å². The number of halogens is 1. The molecule has 5 heteroatoms. The Morgan fingerprint density at radius 2 is 1.53 bits per heavy atom. The summed E-state index contributed by atoms with van der Waals surface area (Å²) in [6, 6.07) is 12.1. The molecule has 0 aromatic heterocycles. The van der Waals surface area contributed by atoms with E-state index in [1.54, 1.807) is 24.3 Å². The van der Waals surface area contributed by atoms with Crippen molar-refractivity contribution in [1.82, 2.24) is 0 Å². The fourth-order valence-electron chi connectivity index (χ4n) is 1.51. The minimum atomic E-state index is -1.18. The van der Waals surface area contributed by atoms with Gasteiger partial charge in [0.05, 0.1) is 11.1 Å². The van der Waals surface area contributed by atoms with Gasteiger partial charge in [0.15, 0.2) is 0 Å². The molecule has 19 heavy (non-hydrogen) atoms. The lowest BCUT2D eigenvalue weighted by Gasteiger charge is -2.06. The van der Waals surface area contributed by atoms with Gasteiger partial charge in [-0.2, -0.15) is 0 Å². The van der Waals surface area contributed by atoms with Gasteiger partial charge in [-0.3, -0.25) is 0 Å². The third kappa shape index (κ3) is 3.11. The highest BCUT2D eigenvalue weighted by Crippen LogP contribution is 2.18. The van der Waals surface area contributed by atoms with Gasteiger partial charge >= 0.3 is 11.9 Å². The Morgan fingerprint density at radius 1 is 0.947 bits per heavy atom. The third-order valence-corrected chi connectivity index (χ3v) is 2.65. The van der Waals surface area contributed by atoms with Gasteiger partial charge < -0.3 is 9.84 Å². The maximum atomic E-state index is 11.9. The lowest BCUT2D eigenvalue weighted by molar-refractivity contribution is 0.0668. The molecule has 0 heterocycles. The number of aromatic carboxylic acids is 1. The van der Waals surface area contributed by atoms with Crippen LogP contribution >= 0.6 is 11.6 Å². The quantitative estimate of drug-likeness (QED) is 0.690. The topological polar surface area (TPSA) is 63.6 Å². The fourth-order valence-corrected chi connectivity index (χ4v) is 1.64. The van der Waals surface area contributed by atoms with Gasteiger partial charge in [0.1, 0.15) is 5.75 Å². The van der Waals surface area contributed by atoms with Gasteiger partial charge in [-0.25, -0.2) is 9.59 Å². The molecule has 96 valence electrons. The first-order chi connectivity index (χ1) is 9.08. The van der Waals surface area contributed by atoms with E-state index in [9.17, 15) is 9.59 Å². The summed E-state index contributed by atoms with van der Waals surface area (Å²) >= 11 is 5.71. The van der Waals surface area contributed by atoms with Crippen LogP contribution in [0.2, 0.25) is 5.02 Å². The van der Waals surface area contributed by atoms with E-state index in [1.807, 2.05) is 0 Å². The zero-order valence-corrected chi connectivity index (χ0v) is 10.4. The van der Waals surface area contributed by atoms with Crippen molar-refractivity contribution >= 4 is 23.5 Å². The SMILES string of the molecule is O=C(O)c1ccccc1C(=O)Oc1ccc(Cl)cc1. The van der Waals surface area contributed by atoms with Crippen LogP contribution in [0.25, 0.3) is 0 Å². The summed E-state index contributed by atoms with van der Waals surface area (Å²) < 4.78 is 5.09. The molecule has 0 bridgehead atoms. The van der Waals surface area contributed by atoms with Crippen LogP contribution in [0.4, 0.5) is 0 Å². The molecule has 2 aromatic carbocycles. The molecule has 0 atom stereocenters. The number of esters is 1. The number of benzene rings is 2. The van der Waals surface area contributed by atoms with Crippen molar-refractivity contribution in [2.75, 3.05) is 0 Å². The summed E-state index contributed by atoms with van der Waals surface area (Å²) in [5, 5.41) is 9.51. The van der Waals surface area contributed by atoms with Crippen LogP contribution in [0.3, 0.4) is 0 Å². The van der Waals surface area contributed by atoms with Crippen molar-refractivity contribution in [2.45, 2.75) is 0 Å². The summed E-state index contributed by atoms with van der Waals surface area (Å²) in [5.41, 5.74) is -0.0913. The molecule has 0 saturated carbocycles. The van der Waals surface area contributed by atoms with Gasteiger partial charge in [0.25, 0.3) is 0 Å². The molecule has 0 saturated heterocycles. The van der Waals surface area contributed by atoms with Crippen molar-refractivity contribution in [3.63, 3.8) is 0 Å². The Bertz CT molecular complexity index is 620. The zero-order valence-electron chi connectivity index (χ0n) is 9.67. The van der Waals surface area contributed by atoms with Crippen LogP contribution in [-0.4, -0.2) is 17.0 Å². The summed E-state index contributed by atoms with van der Waals surface area (Å²) in [5.74, 6) is -1.60. The minimum Gasteiger partial charge on any atom is -0.478 e. The summed E-state index contributed by atoms with van der Waals surface area (Å²) in [6.45, 7) is 0. The second-order valence-electron chi connectivity index (χ2n) is 3.69.